The van der Waals surface area contributed by atoms with Crippen LogP contribution in [-0.2, 0) is 0 Å². The Hall–Kier alpha value is -1.00. The van der Waals surface area contributed by atoms with Gasteiger partial charge >= 0.3 is 4.87 Å². The van der Waals surface area contributed by atoms with Crippen LogP contribution in [0.25, 0.3) is 0 Å². The van der Waals surface area contributed by atoms with Crippen LogP contribution in [0.4, 0.5) is 0 Å². The van der Waals surface area contributed by atoms with Crippen LogP contribution in [-0.4, -0.2) is 11.2 Å². The molecule has 2 rings (SSSR count). The summed E-state index contributed by atoms with van der Waals surface area (Å²) in [5, 5.41) is 0.992. The van der Waals surface area contributed by atoms with Gasteiger partial charge in [0.1, 0.15) is 0 Å². The van der Waals surface area contributed by atoms with Gasteiger partial charge in [0, 0.05) is 10.8 Å². The van der Waals surface area contributed by atoms with E-state index in [9.17, 15) is 4.79 Å². The minimum Gasteiger partial charge on any atom is -0.307 e. The molecule has 0 radical (unpaired) electrons. The van der Waals surface area contributed by atoms with Crippen molar-refractivity contribution in [3.63, 3.8) is 0 Å². The third-order valence-corrected chi connectivity index (χ3v) is 4.46. The van der Waals surface area contributed by atoms with Crippen molar-refractivity contribution >= 4 is 23.1 Å². The van der Waals surface area contributed by atoms with E-state index in [0.717, 1.165) is 9.90 Å². The van der Waals surface area contributed by atoms with Crippen molar-refractivity contribution in [3.05, 3.63) is 50.4 Å². The topological polar surface area (TPSA) is 32.9 Å². The second kappa shape index (κ2) is 4.89. The molecular formula is C12H13NOS2. The van der Waals surface area contributed by atoms with Gasteiger partial charge in [-0.05, 0) is 11.8 Å². The Bertz CT molecular complexity index is 515. The summed E-state index contributed by atoms with van der Waals surface area (Å²) in [6.45, 7) is 2.13. The summed E-state index contributed by atoms with van der Waals surface area (Å²) in [4.78, 5) is 15.4. The molecule has 16 heavy (non-hydrogen) atoms. The summed E-state index contributed by atoms with van der Waals surface area (Å²) < 4.78 is 0. The normalized spacial score (nSPS) is 12.6. The van der Waals surface area contributed by atoms with Crippen LogP contribution in [0.5, 0.6) is 0 Å². The average Bonchev–Trinajstić information content (AvgIpc) is 2.70. The van der Waals surface area contributed by atoms with Gasteiger partial charge in [-0.15, -0.1) is 11.8 Å². The van der Waals surface area contributed by atoms with Crippen molar-refractivity contribution in [3.8, 4) is 0 Å². The largest absolute Gasteiger partial charge is 0.307 e. The van der Waals surface area contributed by atoms with E-state index >= 15 is 0 Å². The Balaban J connectivity index is 2.41. The average molecular weight is 251 g/mol. The fourth-order valence-corrected chi connectivity index (χ4v) is 3.48. The summed E-state index contributed by atoms with van der Waals surface area (Å²) in [5.74, 6) is 0.271. The molecule has 0 saturated heterocycles. The number of hydrogen-bond acceptors (Lipinski definition) is 3. The molecule has 84 valence electrons. The molecule has 1 aromatic heterocycles. The fourth-order valence-electron chi connectivity index (χ4n) is 1.66. The van der Waals surface area contributed by atoms with Gasteiger partial charge in [-0.2, -0.15) is 0 Å². The third kappa shape index (κ3) is 2.23. The van der Waals surface area contributed by atoms with Crippen molar-refractivity contribution in [2.45, 2.75) is 17.9 Å². The highest BCUT2D eigenvalue weighted by atomic mass is 32.2. The van der Waals surface area contributed by atoms with E-state index in [1.807, 2.05) is 24.5 Å². The Morgan fingerprint density at radius 3 is 2.62 bits per heavy atom. The van der Waals surface area contributed by atoms with Crippen molar-refractivity contribution in [2.75, 3.05) is 6.26 Å². The van der Waals surface area contributed by atoms with E-state index in [0.29, 0.717) is 0 Å². The van der Waals surface area contributed by atoms with Crippen LogP contribution in [0.3, 0.4) is 0 Å². The van der Waals surface area contributed by atoms with Gasteiger partial charge in [0.2, 0.25) is 0 Å². The number of hydrogen-bond donors (Lipinski definition) is 1. The Kier molecular flexibility index (Phi) is 3.51. The third-order valence-electron chi connectivity index (χ3n) is 2.54. The zero-order valence-electron chi connectivity index (χ0n) is 9.19. The molecule has 1 N–H and O–H groups in total. The van der Waals surface area contributed by atoms with Crippen LogP contribution in [0.15, 0.2) is 40.2 Å². The van der Waals surface area contributed by atoms with Crippen LogP contribution in [0, 0.1) is 0 Å². The molecule has 0 spiro atoms. The van der Waals surface area contributed by atoms with E-state index in [-0.39, 0.29) is 10.8 Å². The lowest BCUT2D eigenvalue weighted by Crippen LogP contribution is -1.94. The number of thioether (sulfide) groups is 1. The zero-order valence-corrected chi connectivity index (χ0v) is 10.8. The molecule has 4 heteroatoms. The second-order valence-corrected chi connectivity index (χ2v) is 5.38. The molecule has 1 atom stereocenters. The molecule has 1 heterocycles. The molecule has 0 aliphatic carbocycles. The Labute approximate surface area is 103 Å². The lowest BCUT2D eigenvalue weighted by molar-refractivity contribution is 0.903. The highest BCUT2D eigenvalue weighted by Gasteiger charge is 2.15. The van der Waals surface area contributed by atoms with E-state index in [1.54, 1.807) is 11.8 Å². The van der Waals surface area contributed by atoms with Crippen molar-refractivity contribution in [1.29, 1.82) is 0 Å². The number of nitrogens with one attached hydrogen (secondary N) is 1. The molecular weight excluding hydrogens is 238 g/mol. The fraction of sp³-hybridized carbons (Fsp3) is 0.250. The van der Waals surface area contributed by atoms with E-state index in [2.05, 4.69) is 24.0 Å². The van der Waals surface area contributed by atoms with Gasteiger partial charge in [-0.25, -0.2) is 0 Å². The standard InChI is InChI=1S/C12H13NOS2/c1-8(9-6-4-3-5-7-9)10-11(15-2)13-12(14)16-10/h3-8H,1-2H3,(H,13,14)/t8-/m0/s1. The molecule has 0 aliphatic heterocycles. The van der Waals surface area contributed by atoms with Gasteiger partial charge in [-0.3, -0.25) is 4.79 Å². The van der Waals surface area contributed by atoms with E-state index < -0.39 is 0 Å². The summed E-state index contributed by atoms with van der Waals surface area (Å²) in [5.41, 5.74) is 1.24. The molecule has 0 bridgehead atoms. The Morgan fingerprint density at radius 2 is 2.00 bits per heavy atom. The van der Waals surface area contributed by atoms with Crippen LogP contribution < -0.4 is 4.87 Å². The predicted molar refractivity (Wildman–Crippen MR) is 70.7 cm³/mol. The van der Waals surface area contributed by atoms with Gasteiger partial charge in [0.25, 0.3) is 0 Å². The molecule has 1 aromatic carbocycles. The summed E-state index contributed by atoms with van der Waals surface area (Å²) in [6, 6.07) is 10.3. The Morgan fingerprint density at radius 1 is 1.31 bits per heavy atom. The number of aromatic amines is 1. The lowest BCUT2D eigenvalue weighted by atomic mass is 10.0. The smallest absolute Gasteiger partial charge is 0.305 e. The monoisotopic (exact) mass is 251 g/mol. The van der Waals surface area contributed by atoms with Crippen molar-refractivity contribution in [2.24, 2.45) is 0 Å². The highest BCUT2D eigenvalue weighted by molar-refractivity contribution is 7.98. The second-order valence-electron chi connectivity index (χ2n) is 3.54. The molecule has 0 aliphatic rings. The first kappa shape index (κ1) is 11.5. The number of rotatable bonds is 3. The molecule has 2 aromatic rings. The zero-order chi connectivity index (χ0) is 11.5. The first-order valence-corrected chi connectivity index (χ1v) is 7.08. The minimum atomic E-state index is 0.0298. The van der Waals surface area contributed by atoms with Crippen LogP contribution >= 0.6 is 23.1 Å². The molecule has 0 fully saturated rings. The summed E-state index contributed by atoms with van der Waals surface area (Å²) in [6.07, 6.45) is 1.99. The minimum absolute atomic E-state index is 0.0298. The quantitative estimate of drug-likeness (QED) is 0.849. The van der Waals surface area contributed by atoms with Gasteiger partial charge in [-0.1, -0.05) is 48.6 Å². The van der Waals surface area contributed by atoms with Crippen molar-refractivity contribution in [1.82, 2.24) is 4.98 Å². The predicted octanol–water partition coefficient (Wildman–Crippen LogP) is 3.31. The maximum Gasteiger partial charge on any atom is 0.305 e. The summed E-state index contributed by atoms with van der Waals surface area (Å²) >= 11 is 2.90. The molecule has 2 nitrogen and oxygen atoms in total. The molecule has 0 unspecified atom stereocenters. The number of benzene rings is 1. The summed E-state index contributed by atoms with van der Waals surface area (Å²) in [7, 11) is 0. The number of thiazole rings is 1. The van der Waals surface area contributed by atoms with Crippen LogP contribution in [0.1, 0.15) is 23.3 Å². The number of H-pyrrole nitrogens is 1. The van der Waals surface area contributed by atoms with Gasteiger partial charge in [0.15, 0.2) is 0 Å². The maximum atomic E-state index is 11.4. The number of aromatic nitrogens is 1. The molecule has 0 amide bonds. The molecule has 0 saturated carbocycles. The highest BCUT2D eigenvalue weighted by Crippen LogP contribution is 2.32. The van der Waals surface area contributed by atoms with Crippen molar-refractivity contribution < 1.29 is 0 Å². The van der Waals surface area contributed by atoms with E-state index in [1.165, 1.54) is 16.9 Å². The van der Waals surface area contributed by atoms with Gasteiger partial charge < -0.3 is 4.98 Å². The first-order chi connectivity index (χ1) is 7.72. The van der Waals surface area contributed by atoms with Crippen LogP contribution in [0.2, 0.25) is 0 Å². The SMILES string of the molecule is CSc1[nH]c(=O)sc1[C@@H](C)c1ccccc1. The first-order valence-electron chi connectivity index (χ1n) is 5.04. The van der Waals surface area contributed by atoms with Gasteiger partial charge in [0.05, 0.1) is 5.03 Å². The maximum absolute atomic E-state index is 11.4. The van der Waals surface area contributed by atoms with E-state index in [4.69, 9.17) is 0 Å². The lowest BCUT2D eigenvalue weighted by Gasteiger charge is -2.10.